The van der Waals surface area contributed by atoms with Crippen molar-refractivity contribution >= 4 is 5.91 Å². The Morgan fingerprint density at radius 1 is 1.32 bits per heavy atom. The zero-order valence-corrected chi connectivity index (χ0v) is 11.9. The number of ether oxygens (including phenoxy) is 1. The Bertz CT molecular complexity index is 421. The fourth-order valence-corrected chi connectivity index (χ4v) is 2.48. The minimum Gasteiger partial charge on any atom is -0.372 e. The maximum Gasteiger partial charge on any atom is 0.251 e. The molecule has 0 aliphatic carbocycles. The summed E-state index contributed by atoms with van der Waals surface area (Å²) in [6, 6.07) is 10.3. The van der Waals surface area contributed by atoms with Gasteiger partial charge in [-0.3, -0.25) is 4.79 Å². The second-order valence-electron chi connectivity index (χ2n) is 5.10. The molecule has 0 radical (unpaired) electrons. The van der Waals surface area contributed by atoms with Crippen molar-refractivity contribution in [3.63, 3.8) is 0 Å². The minimum absolute atomic E-state index is 0.0736. The maximum atomic E-state index is 12.4. The number of amides is 1. The first-order valence-corrected chi connectivity index (χ1v) is 6.70. The molecule has 2 rings (SSSR count). The van der Waals surface area contributed by atoms with Gasteiger partial charge in [-0.05, 0) is 19.5 Å². The van der Waals surface area contributed by atoms with Gasteiger partial charge in [-0.2, -0.15) is 0 Å². The second kappa shape index (κ2) is 6.17. The number of likely N-dealkylation sites (N-methyl/N-ethyl adjacent to an activating group) is 1. The highest BCUT2D eigenvalue weighted by atomic mass is 16.5. The lowest BCUT2D eigenvalue weighted by atomic mass is 10.0. The predicted octanol–water partition coefficient (Wildman–Crippen LogP) is 1.54. The molecule has 0 spiro atoms. The number of nitrogens with zero attached hydrogens (tertiary/aromatic N) is 2. The van der Waals surface area contributed by atoms with Crippen LogP contribution in [0.4, 0.5) is 0 Å². The Labute approximate surface area is 115 Å². The molecule has 0 aromatic heterocycles. The van der Waals surface area contributed by atoms with Crippen molar-refractivity contribution < 1.29 is 9.53 Å². The summed E-state index contributed by atoms with van der Waals surface area (Å²) in [5.41, 5.74) is 1.19. The molecule has 19 heavy (non-hydrogen) atoms. The molecule has 2 unspecified atom stereocenters. The number of carbonyl (C=O) groups excluding carboxylic acids is 1. The summed E-state index contributed by atoms with van der Waals surface area (Å²) in [6.45, 7) is 4.34. The van der Waals surface area contributed by atoms with Crippen LogP contribution in [0.2, 0.25) is 0 Å². The molecule has 0 bridgehead atoms. The first-order valence-electron chi connectivity index (χ1n) is 6.70. The van der Waals surface area contributed by atoms with Crippen LogP contribution in [0.15, 0.2) is 30.3 Å². The zero-order valence-electron chi connectivity index (χ0n) is 11.9. The van der Waals surface area contributed by atoms with Gasteiger partial charge in [-0.25, -0.2) is 0 Å². The number of rotatable bonds is 3. The van der Waals surface area contributed by atoms with Crippen LogP contribution in [-0.4, -0.2) is 55.6 Å². The van der Waals surface area contributed by atoms with E-state index in [2.05, 4.69) is 24.1 Å². The SMILES string of the molecule is COC(C)C(=O)N1CCN(C)CC1c1ccccc1. The van der Waals surface area contributed by atoms with Crippen molar-refractivity contribution in [1.82, 2.24) is 9.80 Å². The monoisotopic (exact) mass is 262 g/mol. The Hall–Kier alpha value is -1.39. The molecule has 1 heterocycles. The summed E-state index contributed by atoms with van der Waals surface area (Å²) in [6.07, 6.45) is -0.380. The molecule has 1 aromatic carbocycles. The molecular weight excluding hydrogens is 240 g/mol. The van der Waals surface area contributed by atoms with Gasteiger partial charge in [0.15, 0.2) is 0 Å². The van der Waals surface area contributed by atoms with Gasteiger partial charge in [-0.1, -0.05) is 30.3 Å². The van der Waals surface area contributed by atoms with Gasteiger partial charge >= 0.3 is 0 Å². The Morgan fingerprint density at radius 3 is 2.63 bits per heavy atom. The Balaban J connectivity index is 2.22. The fourth-order valence-electron chi connectivity index (χ4n) is 2.48. The summed E-state index contributed by atoms with van der Waals surface area (Å²) in [5, 5.41) is 0. The van der Waals surface area contributed by atoms with Crippen LogP contribution in [0.1, 0.15) is 18.5 Å². The van der Waals surface area contributed by atoms with Gasteiger partial charge in [0, 0.05) is 26.7 Å². The molecule has 0 saturated carbocycles. The van der Waals surface area contributed by atoms with Crippen LogP contribution in [0.3, 0.4) is 0 Å². The quantitative estimate of drug-likeness (QED) is 0.828. The Morgan fingerprint density at radius 2 is 2.00 bits per heavy atom. The summed E-state index contributed by atoms with van der Waals surface area (Å²) < 4.78 is 5.17. The molecule has 1 aliphatic rings. The lowest BCUT2D eigenvalue weighted by Gasteiger charge is -2.41. The standard InChI is InChI=1S/C15H22N2O2/c1-12(19-3)15(18)17-10-9-16(2)11-14(17)13-7-5-4-6-8-13/h4-8,12,14H,9-11H2,1-3H3. The Kier molecular flexibility index (Phi) is 4.56. The molecule has 1 amide bonds. The number of hydrogen-bond donors (Lipinski definition) is 0. The summed E-state index contributed by atoms with van der Waals surface area (Å²) >= 11 is 0. The van der Waals surface area contributed by atoms with Gasteiger partial charge in [0.1, 0.15) is 6.10 Å². The number of piperazine rings is 1. The lowest BCUT2D eigenvalue weighted by Crippen LogP contribution is -2.51. The van der Waals surface area contributed by atoms with E-state index in [1.54, 1.807) is 7.11 Å². The normalized spacial score (nSPS) is 22.3. The van der Waals surface area contributed by atoms with Crippen LogP contribution in [0.25, 0.3) is 0 Å². The van der Waals surface area contributed by atoms with Crippen molar-refractivity contribution in [2.24, 2.45) is 0 Å². The summed E-state index contributed by atoms with van der Waals surface area (Å²) in [7, 11) is 3.67. The van der Waals surface area contributed by atoms with E-state index in [1.807, 2.05) is 30.0 Å². The highest BCUT2D eigenvalue weighted by Gasteiger charge is 2.32. The molecule has 1 fully saturated rings. The van der Waals surface area contributed by atoms with E-state index in [9.17, 15) is 4.79 Å². The van der Waals surface area contributed by atoms with Gasteiger partial charge < -0.3 is 14.5 Å². The van der Waals surface area contributed by atoms with Crippen LogP contribution >= 0.6 is 0 Å². The predicted molar refractivity (Wildman–Crippen MR) is 74.9 cm³/mol. The summed E-state index contributed by atoms with van der Waals surface area (Å²) in [5.74, 6) is 0.0736. The molecule has 0 N–H and O–H groups in total. The number of hydrogen-bond acceptors (Lipinski definition) is 3. The van der Waals surface area contributed by atoms with Crippen LogP contribution in [-0.2, 0) is 9.53 Å². The van der Waals surface area contributed by atoms with Crippen molar-refractivity contribution in [3.8, 4) is 0 Å². The average molecular weight is 262 g/mol. The van der Waals surface area contributed by atoms with Crippen LogP contribution in [0, 0.1) is 0 Å². The van der Waals surface area contributed by atoms with Gasteiger partial charge in [0.2, 0.25) is 0 Å². The first kappa shape index (κ1) is 14.0. The highest BCUT2D eigenvalue weighted by molar-refractivity contribution is 5.81. The smallest absolute Gasteiger partial charge is 0.251 e. The molecule has 104 valence electrons. The fraction of sp³-hybridized carbons (Fsp3) is 0.533. The van der Waals surface area contributed by atoms with Crippen molar-refractivity contribution in [2.75, 3.05) is 33.8 Å². The third-order valence-corrected chi connectivity index (χ3v) is 3.75. The number of methoxy groups -OCH3 is 1. The van der Waals surface area contributed by atoms with Crippen molar-refractivity contribution in [2.45, 2.75) is 19.1 Å². The topological polar surface area (TPSA) is 32.8 Å². The van der Waals surface area contributed by atoms with E-state index in [0.29, 0.717) is 0 Å². The lowest BCUT2D eigenvalue weighted by molar-refractivity contribution is -0.146. The molecule has 1 saturated heterocycles. The van der Waals surface area contributed by atoms with E-state index in [4.69, 9.17) is 4.74 Å². The third-order valence-electron chi connectivity index (χ3n) is 3.75. The van der Waals surface area contributed by atoms with Crippen LogP contribution in [0.5, 0.6) is 0 Å². The van der Waals surface area contributed by atoms with E-state index >= 15 is 0 Å². The molecule has 4 nitrogen and oxygen atoms in total. The molecule has 4 heteroatoms. The van der Waals surface area contributed by atoms with Gasteiger partial charge in [0.25, 0.3) is 5.91 Å². The second-order valence-corrected chi connectivity index (χ2v) is 5.10. The largest absolute Gasteiger partial charge is 0.372 e. The molecule has 2 atom stereocenters. The average Bonchev–Trinajstić information content (AvgIpc) is 2.46. The van der Waals surface area contributed by atoms with E-state index in [-0.39, 0.29) is 18.1 Å². The summed E-state index contributed by atoms with van der Waals surface area (Å²) in [4.78, 5) is 16.6. The minimum atomic E-state index is -0.380. The van der Waals surface area contributed by atoms with E-state index in [0.717, 1.165) is 19.6 Å². The number of benzene rings is 1. The zero-order chi connectivity index (χ0) is 13.8. The van der Waals surface area contributed by atoms with Crippen molar-refractivity contribution in [1.29, 1.82) is 0 Å². The number of carbonyl (C=O) groups is 1. The van der Waals surface area contributed by atoms with E-state index < -0.39 is 0 Å². The highest BCUT2D eigenvalue weighted by Crippen LogP contribution is 2.25. The van der Waals surface area contributed by atoms with Crippen molar-refractivity contribution in [3.05, 3.63) is 35.9 Å². The van der Waals surface area contributed by atoms with Gasteiger partial charge in [0.05, 0.1) is 6.04 Å². The molecule has 1 aliphatic heterocycles. The molecule has 1 aromatic rings. The van der Waals surface area contributed by atoms with Gasteiger partial charge in [-0.15, -0.1) is 0 Å². The maximum absolute atomic E-state index is 12.4. The molecular formula is C15H22N2O2. The third kappa shape index (κ3) is 3.14. The van der Waals surface area contributed by atoms with E-state index in [1.165, 1.54) is 5.56 Å². The first-order chi connectivity index (χ1) is 9.13. The van der Waals surface area contributed by atoms with Crippen LogP contribution < -0.4 is 0 Å².